The van der Waals surface area contributed by atoms with Gasteiger partial charge in [0.1, 0.15) is 12.4 Å². The van der Waals surface area contributed by atoms with Crippen LogP contribution in [-0.2, 0) is 21.6 Å². The summed E-state index contributed by atoms with van der Waals surface area (Å²) in [7, 11) is -4.03. The Bertz CT molecular complexity index is 1340. The largest absolute Gasteiger partial charge is 0.445 e. The molecule has 2 fully saturated rings. The number of anilines is 2. The summed E-state index contributed by atoms with van der Waals surface area (Å²) in [5.74, 6) is -0.518. The molecular weight excluding hydrogens is 483 g/mol. The molecule has 2 atom stereocenters. The minimum atomic E-state index is -4.03. The van der Waals surface area contributed by atoms with Gasteiger partial charge in [0.2, 0.25) is 0 Å². The molecule has 0 radical (unpaired) electrons. The fourth-order valence-electron chi connectivity index (χ4n) is 5.21. The minimum absolute atomic E-state index is 0.160. The van der Waals surface area contributed by atoms with Crippen LogP contribution >= 0.6 is 0 Å². The molecule has 3 aromatic rings. The number of carbonyl (C=O) groups is 1. The average Bonchev–Trinajstić information content (AvgIpc) is 3.09. The van der Waals surface area contributed by atoms with E-state index < -0.39 is 27.7 Å². The van der Waals surface area contributed by atoms with Gasteiger partial charge >= 0.3 is 16.3 Å². The molecule has 2 aliphatic rings. The molecule has 1 spiro atoms. The molecule has 2 saturated heterocycles. The van der Waals surface area contributed by atoms with Crippen molar-refractivity contribution in [3.05, 3.63) is 90.5 Å². The first-order chi connectivity index (χ1) is 17.3. The van der Waals surface area contributed by atoms with Crippen molar-refractivity contribution in [1.82, 2.24) is 9.88 Å². The van der Waals surface area contributed by atoms with E-state index in [1.165, 1.54) is 39.2 Å². The van der Waals surface area contributed by atoms with Crippen molar-refractivity contribution in [2.24, 2.45) is 0 Å². The monoisotopic (exact) mass is 510 g/mol. The molecule has 0 bridgehead atoms. The fourth-order valence-corrected chi connectivity index (χ4v) is 7.29. The summed E-state index contributed by atoms with van der Waals surface area (Å²) < 4.78 is 50.2. The van der Waals surface area contributed by atoms with E-state index in [-0.39, 0.29) is 24.9 Å². The molecule has 5 rings (SSSR count). The summed E-state index contributed by atoms with van der Waals surface area (Å²) in [5.41, 5.74) is 0.768. The third-order valence-corrected chi connectivity index (χ3v) is 8.79. The van der Waals surface area contributed by atoms with Crippen LogP contribution in [0, 0.1) is 5.82 Å². The standard InChI is InChI=1S/C26H27FN4O4S/c1-20-17-26(12-15-29(20)25(32)35-18-21-6-3-2-4-7-21)19-30(23-10-13-28-14-11-23)36(33,34)31(26)24-9-5-8-22(27)16-24/h2-11,13-14,16,20H,12,15,17-19H2,1H3/t20-,26+/m0/s1. The predicted octanol–water partition coefficient (Wildman–Crippen LogP) is 4.35. The third-order valence-electron chi connectivity index (χ3n) is 6.84. The number of pyridine rings is 1. The van der Waals surface area contributed by atoms with Crippen LogP contribution in [0.25, 0.3) is 0 Å². The minimum Gasteiger partial charge on any atom is -0.445 e. The summed E-state index contributed by atoms with van der Waals surface area (Å²) in [6.07, 6.45) is 3.37. The lowest BCUT2D eigenvalue weighted by atomic mass is 9.83. The van der Waals surface area contributed by atoms with Crippen molar-refractivity contribution >= 4 is 27.7 Å². The number of hydrogen-bond donors (Lipinski definition) is 0. The van der Waals surface area contributed by atoms with Gasteiger partial charge in [0.25, 0.3) is 0 Å². The van der Waals surface area contributed by atoms with E-state index in [0.717, 1.165) is 5.56 Å². The molecule has 3 heterocycles. The average molecular weight is 511 g/mol. The number of nitrogens with zero attached hydrogens (tertiary/aromatic N) is 4. The van der Waals surface area contributed by atoms with E-state index in [1.54, 1.807) is 23.1 Å². The van der Waals surface area contributed by atoms with Crippen LogP contribution in [0.5, 0.6) is 0 Å². The van der Waals surface area contributed by atoms with Crippen molar-refractivity contribution in [1.29, 1.82) is 0 Å². The van der Waals surface area contributed by atoms with Gasteiger partial charge in [-0.3, -0.25) is 9.29 Å². The van der Waals surface area contributed by atoms with Crippen LogP contribution in [0.4, 0.5) is 20.6 Å². The predicted molar refractivity (Wildman–Crippen MR) is 134 cm³/mol. The lowest BCUT2D eigenvalue weighted by Gasteiger charge is -2.46. The zero-order valence-electron chi connectivity index (χ0n) is 19.8. The number of ether oxygens (including phenoxy) is 1. The molecule has 0 aliphatic carbocycles. The first-order valence-corrected chi connectivity index (χ1v) is 13.2. The third kappa shape index (κ3) is 4.37. The highest BCUT2D eigenvalue weighted by Crippen LogP contribution is 2.45. The van der Waals surface area contributed by atoms with E-state index in [9.17, 15) is 17.6 Å². The van der Waals surface area contributed by atoms with Gasteiger partial charge in [0.05, 0.1) is 23.5 Å². The molecule has 36 heavy (non-hydrogen) atoms. The topological polar surface area (TPSA) is 83.0 Å². The maximum absolute atomic E-state index is 14.2. The lowest BCUT2D eigenvalue weighted by molar-refractivity contribution is 0.0593. The Hall–Kier alpha value is -3.66. The van der Waals surface area contributed by atoms with Crippen molar-refractivity contribution < 1.29 is 22.3 Å². The molecule has 2 aliphatic heterocycles. The van der Waals surface area contributed by atoms with Crippen molar-refractivity contribution in [3.63, 3.8) is 0 Å². The van der Waals surface area contributed by atoms with Gasteiger partial charge in [-0.25, -0.2) is 13.5 Å². The number of carbonyl (C=O) groups excluding carboxylic acids is 1. The summed E-state index contributed by atoms with van der Waals surface area (Å²) in [6.45, 7) is 2.53. The van der Waals surface area contributed by atoms with E-state index in [2.05, 4.69) is 4.98 Å². The molecule has 0 N–H and O–H groups in total. The van der Waals surface area contributed by atoms with E-state index in [1.807, 2.05) is 37.3 Å². The van der Waals surface area contributed by atoms with Gasteiger partial charge < -0.3 is 9.64 Å². The normalized spacial score (nSPS) is 23.2. The van der Waals surface area contributed by atoms with Crippen molar-refractivity contribution in [3.8, 4) is 0 Å². The van der Waals surface area contributed by atoms with Crippen molar-refractivity contribution in [2.75, 3.05) is 21.7 Å². The maximum atomic E-state index is 14.2. The second-order valence-electron chi connectivity index (χ2n) is 9.23. The van der Waals surface area contributed by atoms with Crippen LogP contribution in [0.3, 0.4) is 0 Å². The Morgan fingerprint density at radius 3 is 2.53 bits per heavy atom. The van der Waals surface area contributed by atoms with Crippen LogP contribution in [0.1, 0.15) is 25.3 Å². The van der Waals surface area contributed by atoms with Gasteiger partial charge in [-0.2, -0.15) is 8.42 Å². The lowest BCUT2D eigenvalue weighted by Crippen LogP contribution is -2.58. The summed E-state index contributed by atoms with van der Waals surface area (Å²) in [4.78, 5) is 18.5. The number of likely N-dealkylation sites (tertiary alicyclic amines) is 1. The second-order valence-corrected chi connectivity index (χ2v) is 10.9. The van der Waals surface area contributed by atoms with Gasteiger partial charge in [-0.1, -0.05) is 36.4 Å². The number of rotatable bonds is 4. The summed E-state index contributed by atoms with van der Waals surface area (Å²) >= 11 is 0. The Morgan fingerprint density at radius 1 is 1.08 bits per heavy atom. The molecule has 10 heteroatoms. The van der Waals surface area contributed by atoms with Crippen LogP contribution in [-0.4, -0.2) is 49.1 Å². The Morgan fingerprint density at radius 2 is 1.83 bits per heavy atom. The number of halogens is 1. The van der Waals surface area contributed by atoms with Crippen LogP contribution < -0.4 is 8.61 Å². The van der Waals surface area contributed by atoms with Gasteiger partial charge in [-0.15, -0.1) is 0 Å². The summed E-state index contributed by atoms with van der Waals surface area (Å²) in [6, 6.07) is 18.0. The molecule has 188 valence electrons. The first kappa shape index (κ1) is 24.1. The number of aromatic nitrogens is 1. The summed E-state index contributed by atoms with van der Waals surface area (Å²) in [5, 5.41) is 0. The van der Waals surface area contributed by atoms with Gasteiger partial charge in [0.15, 0.2) is 0 Å². The maximum Gasteiger partial charge on any atom is 0.410 e. The van der Waals surface area contributed by atoms with Gasteiger partial charge in [0, 0.05) is 25.0 Å². The molecule has 0 saturated carbocycles. The molecular formula is C26H27FN4O4S. The van der Waals surface area contributed by atoms with E-state index in [0.29, 0.717) is 25.1 Å². The van der Waals surface area contributed by atoms with E-state index >= 15 is 0 Å². The highest BCUT2D eigenvalue weighted by Gasteiger charge is 2.57. The quantitative estimate of drug-likeness (QED) is 0.521. The molecule has 0 unspecified atom stereocenters. The highest BCUT2D eigenvalue weighted by atomic mass is 32.2. The smallest absolute Gasteiger partial charge is 0.410 e. The molecule has 2 aromatic carbocycles. The Balaban J connectivity index is 1.43. The van der Waals surface area contributed by atoms with Crippen molar-refractivity contribution in [2.45, 2.75) is 38.0 Å². The number of amides is 1. The van der Waals surface area contributed by atoms with E-state index in [4.69, 9.17) is 4.74 Å². The first-order valence-electron chi connectivity index (χ1n) is 11.8. The zero-order chi connectivity index (χ0) is 25.3. The number of piperidine rings is 1. The Kier molecular flexibility index (Phi) is 6.29. The number of benzene rings is 2. The van der Waals surface area contributed by atoms with Crippen LogP contribution in [0.15, 0.2) is 79.1 Å². The number of hydrogen-bond acceptors (Lipinski definition) is 5. The molecule has 8 nitrogen and oxygen atoms in total. The SMILES string of the molecule is C[C@H]1C[C@]2(CCN1C(=O)OCc1ccccc1)CN(c1ccncc1)S(=O)(=O)N2c1cccc(F)c1. The van der Waals surface area contributed by atoms with Gasteiger partial charge in [-0.05, 0) is 55.7 Å². The second kappa shape index (κ2) is 9.42. The molecule has 1 aromatic heterocycles. The fraction of sp³-hybridized carbons (Fsp3) is 0.308. The Labute approximate surface area is 210 Å². The highest BCUT2D eigenvalue weighted by molar-refractivity contribution is 7.94. The zero-order valence-corrected chi connectivity index (χ0v) is 20.6. The molecule has 1 amide bonds. The van der Waals surface area contributed by atoms with Crippen LogP contribution in [0.2, 0.25) is 0 Å².